The van der Waals surface area contributed by atoms with E-state index in [0.29, 0.717) is 12.2 Å². The van der Waals surface area contributed by atoms with Crippen LogP contribution >= 0.6 is 0 Å². The number of ether oxygens (including phenoxy) is 1. The van der Waals surface area contributed by atoms with E-state index in [4.69, 9.17) is 4.74 Å². The maximum Gasteiger partial charge on any atom is 0.317 e. The van der Waals surface area contributed by atoms with Crippen LogP contribution in [-0.4, -0.2) is 17.5 Å². The highest BCUT2D eigenvalue weighted by molar-refractivity contribution is 5.84. The topological polar surface area (TPSA) is 69.4 Å². The minimum atomic E-state index is -2.08. The molecule has 9 heteroatoms. The van der Waals surface area contributed by atoms with E-state index in [1.54, 1.807) is 0 Å². The van der Waals surface area contributed by atoms with E-state index in [9.17, 15) is 32.5 Å². The molecule has 0 saturated heterocycles. The molecule has 0 radical (unpaired) electrons. The lowest BCUT2D eigenvalue weighted by molar-refractivity contribution is -0.384. The highest BCUT2D eigenvalue weighted by Crippen LogP contribution is 2.36. The summed E-state index contributed by atoms with van der Waals surface area (Å²) in [6.45, 7) is 1.40. The van der Waals surface area contributed by atoms with Crippen LogP contribution in [0.15, 0.2) is 48.6 Å². The van der Waals surface area contributed by atoms with Crippen molar-refractivity contribution in [2.24, 2.45) is 0 Å². The lowest BCUT2D eigenvalue weighted by Crippen LogP contribution is -2.37. The van der Waals surface area contributed by atoms with Crippen molar-refractivity contribution in [1.82, 2.24) is 0 Å². The van der Waals surface area contributed by atoms with Gasteiger partial charge in [-0.15, -0.1) is 0 Å². The predicted molar refractivity (Wildman–Crippen MR) is 81.2 cm³/mol. The summed E-state index contributed by atoms with van der Waals surface area (Å²) in [5.41, 5.74) is -2.08. The van der Waals surface area contributed by atoms with Gasteiger partial charge in [0.2, 0.25) is 0 Å². The van der Waals surface area contributed by atoms with E-state index in [1.807, 2.05) is 0 Å². The van der Waals surface area contributed by atoms with Crippen LogP contribution in [0.3, 0.4) is 0 Å². The minimum Gasteiger partial charge on any atom is -0.465 e. The lowest BCUT2D eigenvalue weighted by Gasteiger charge is -2.29. The molecule has 1 rings (SSSR count). The second kappa shape index (κ2) is 8.95. The van der Waals surface area contributed by atoms with Crippen molar-refractivity contribution >= 4 is 11.7 Å². The van der Waals surface area contributed by atoms with Gasteiger partial charge >= 0.3 is 5.97 Å². The van der Waals surface area contributed by atoms with Crippen LogP contribution in [0.5, 0.6) is 0 Å². The molecule has 0 heterocycles. The Morgan fingerprint density at radius 1 is 1.12 bits per heavy atom. The van der Waals surface area contributed by atoms with Gasteiger partial charge in [-0.1, -0.05) is 12.1 Å². The molecular formula is C16H15F4NO4. The molecular weight excluding hydrogens is 346 g/mol. The zero-order chi connectivity index (χ0) is 19.0. The summed E-state index contributed by atoms with van der Waals surface area (Å²) in [5, 5.41) is 10.7. The first-order valence-corrected chi connectivity index (χ1v) is 7.17. The number of nitro groups is 1. The molecule has 136 valence electrons. The van der Waals surface area contributed by atoms with Gasteiger partial charge in [0.15, 0.2) is 0 Å². The van der Waals surface area contributed by atoms with Crippen LogP contribution in [0, 0.1) is 10.1 Å². The number of non-ortho nitro benzene ring substituents is 1. The first-order chi connectivity index (χ1) is 11.7. The van der Waals surface area contributed by atoms with Crippen LogP contribution in [-0.2, 0) is 14.9 Å². The molecule has 1 aromatic rings. The fourth-order valence-electron chi connectivity index (χ4n) is 2.28. The summed E-state index contributed by atoms with van der Waals surface area (Å²) in [6.07, 6.45) is -4.50. The third-order valence-corrected chi connectivity index (χ3v) is 3.51. The van der Waals surface area contributed by atoms with Gasteiger partial charge in [0.1, 0.15) is 5.41 Å². The zero-order valence-electron chi connectivity index (χ0n) is 13.2. The normalized spacial score (nSPS) is 10.8. The van der Waals surface area contributed by atoms with Crippen LogP contribution in [0.4, 0.5) is 23.2 Å². The minimum absolute atomic E-state index is 0.0616. The van der Waals surface area contributed by atoms with E-state index < -0.39 is 41.3 Å². The molecule has 0 unspecified atom stereocenters. The molecule has 5 nitrogen and oxygen atoms in total. The van der Waals surface area contributed by atoms with E-state index in [2.05, 4.69) is 0 Å². The van der Waals surface area contributed by atoms with Gasteiger partial charge in [0.05, 0.1) is 11.5 Å². The van der Waals surface area contributed by atoms with Crippen molar-refractivity contribution in [3.05, 3.63) is 64.3 Å². The molecule has 0 aliphatic carbocycles. The maximum atomic E-state index is 12.6. The van der Waals surface area contributed by atoms with Crippen molar-refractivity contribution < 1.29 is 32.0 Å². The fourth-order valence-corrected chi connectivity index (χ4v) is 2.28. The van der Waals surface area contributed by atoms with E-state index in [0.717, 1.165) is 12.1 Å². The molecule has 0 aliphatic heterocycles. The average molecular weight is 361 g/mol. The first-order valence-electron chi connectivity index (χ1n) is 7.17. The van der Waals surface area contributed by atoms with Gasteiger partial charge in [0.25, 0.3) is 17.8 Å². The number of rotatable bonds is 8. The molecule has 0 fully saturated rings. The van der Waals surface area contributed by atoms with Crippen LogP contribution in [0.25, 0.3) is 0 Å². The number of nitrogens with zero attached hydrogens (tertiary/aromatic N) is 1. The van der Waals surface area contributed by atoms with Crippen molar-refractivity contribution in [2.45, 2.75) is 25.2 Å². The van der Waals surface area contributed by atoms with Crippen LogP contribution in [0.2, 0.25) is 0 Å². The largest absolute Gasteiger partial charge is 0.465 e. The predicted octanol–water partition coefficient (Wildman–Crippen LogP) is 4.74. The quantitative estimate of drug-likeness (QED) is 0.290. The Balaban J connectivity index is 3.48. The van der Waals surface area contributed by atoms with Gasteiger partial charge in [-0.05, 0) is 37.5 Å². The third-order valence-electron chi connectivity index (χ3n) is 3.51. The number of carbonyl (C=O) groups excluding carboxylic acids is 1. The standard InChI is InChI=1S/C16H15F4NO4/c1-2-25-15(22)16(9-7-13(17)18,10-8-14(19)20)11-3-5-12(6-4-11)21(23)24/h3-8H,2,9-10H2,1H3. The molecule has 0 saturated carbocycles. The molecule has 0 bridgehead atoms. The summed E-state index contributed by atoms with van der Waals surface area (Å²) >= 11 is 0. The Morgan fingerprint density at radius 3 is 1.96 bits per heavy atom. The van der Waals surface area contributed by atoms with Crippen molar-refractivity contribution in [1.29, 1.82) is 0 Å². The molecule has 0 N–H and O–H groups in total. The number of nitro benzene ring substituents is 1. The Bertz CT molecular complexity index is 658. The monoisotopic (exact) mass is 361 g/mol. The summed E-state index contributed by atoms with van der Waals surface area (Å²) in [7, 11) is 0. The SMILES string of the molecule is CCOC(=O)C(CC=C(F)F)(CC=C(F)F)c1ccc([N+](=O)[O-])cc1. The molecule has 0 amide bonds. The molecule has 0 spiro atoms. The fraction of sp³-hybridized carbons (Fsp3) is 0.312. The Hall–Kier alpha value is -2.71. The van der Waals surface area contributed by atoms with Gasteiger partial charge in [-0.2, -0.15) is 17.6 Å². The highest BCUT2D eigenvalue weighted by Gasteiger charge is 2.41. The van der Waals surface area contributed by atoms with Gasteiger partial charge in [-0.25, -0.2) is 0 Å². The second-order valence-electron chi connectivity index (χ2n) is 5.00. The maximum absolute atomic E-state index is 12.6. The van der Waals surface area contributed by atoms with Crippen molar-refractivity contribution in [2.75, 3.05) is 6.61 Å². The average Bonchev–Trinajstić information content (AvgIpc) is 2.55. The number of hydrogen-bond donors (Lipinski definition) is 0. The molecule has 0 atom stereocenters. The Morgan fingerprint density at radius 2 is 1.60 bits per heavy atom. The number of esters is 1. The van der Waals surface area contributed by atoms with Gasteiger partial charge in [-0.3, -0.25) is 14.9 Å². The Labute approximate surface area is 140 Å². The smallest absolute Gasteiger partial charge is 0.317 e. The molecule has 0 aromatic heterocycles. The summed E-state index contributed by atoms with van der Waals surface area (Å²) in [5.74, 6) is -0.973. The van der Waals surface area contributed by atoms with Crippen LogP contribution in [0.1, 0.15) is 25.3 Å². The lowest BCUT2D eigenvalue weighted by atomic mass is 9.74. The molecule has 1 aromatic carbocycles. The number of benzene rings is 1. The van der Waals surface area contributed by atoms with Gasteiger partial charge in [0, 0.05) is 12.1 Å². The zero-order valence-corrected chi connectivity index (χ0v) is 13.2. The number of halogens is 4. The highest BCUT2D eigenvalue weighted by atomic mass is 19.3. The Kier molecular flexibility index (Phi) is 7.28. The van der Waals surface area contributed by atoms with E-state index >= 15 is 0 Å². The van der Waals surface area contributed by atoms with Crippen LogP contribution < -0.4 is 0 Å². The second-order valence-corrected chi connectivity index (χ2v) is 5.00. The number of allylic oxidation sites excluding steroid dienone is 2. The molecule has 0 aliphatic rings. The van der Waals surface area contributed by atoms with E-state index in [-0.39, 0.29) is 17.9 Å². The van der Waals surface area contributed by atoms with E-state index in [1.165, 1.54) is 19.1 Å². The summed E-state index contributed by atoms with van der Waals surface area (Å²) in [6, 6.07) is 4.47. The molecule has 25 heavy (non-hydrogen) atoms. The van der Waals surface area contributed by atoms with Crippen molar-refractivity contribution in [3.63, 3.8) is 0 Å². The first kappa shape index (κ1) is 20.3. The van der Waals surface area contributed by atoms with Gasteiger partial charge < -0.3 is 4.74 Å². The summed E-state index contributed by atoms with van der Waals surface area (Å²) in [4.78, 5) is 22.4. The number of carbonyl (C=O) groups is 1. The number of hydrogen-bond acceptors (Lipinski definition) is 4. The van der Waals surface area contributed by atoms with Crippen molar-refractivity contribution in [3.8, 4) is 0 Å². The summed E-state index contributed by atoms with van der Waals surface area (Å²) < 4.78 is 55.1. The third kappa shape index (κ3) is 5.40.